The predicted octanol–water partition coefficient (Wildman–Crippen LogP) is 1.90. The standard InChI is InChI=1S/C14H22N4OS/c15-17-13(19)14-16-11(9-20-14)8-18-7-3-5-10-4-1-2-6-12(10)18/h9-10,12H,1-8,15H2,(H,17,19). The molecule has 6 heteroatoms. The van der Waals surface area contributed by atoms with E-state index in [1.165, 1.54) is 49.9 Å². The molecule has 2 aliphatic rings. The summed E-state index contributed by atoms with van der Waals surface area (Å²) in [4.78, 5) is 18.4. The van der Waals surface area contributed by atoms with Gasteiger partial charge in [-0.15, -0.1) is 11.3 Å². The number of nitrogens with zero attached hydrogens (tertiary/aromatic N) is 2. The Morgan fingerprint density at radius 2 is 2.20 bits per heavy atom. The van der Waals surface area contributed by atoms with E-state index < -0.39 is 0 Å². The Morgan fingerprint density at radius 1 is 1.40 bits per heavy atom. The van der Waals surface area contributed by atoms with Gasteiger partial charge in [-0.2, -0.15) is 0 Å². The third-order valence-corrected chi connectivity index (χ3v) is 5.49. The SMILES string of the molecule is NNC(=O)c1nc(CN2CCCC3CCCCC32)cs1. The van der Waals surface area contributed by atoms with Crippen LogP contribution in [0.25, 0.3) is 0 Å². The molecule has 2 fully saturated rings. The van der Waals surface area contributed by atoms with E-state index in [1.54, 1.807) is 0 Å². The zero-order valence-corrected chi connectivity index (χ0v) is 12.5. The quantitative estimate of drug-likeness (QED) is 0.507. The zero-order valence-electron chi connectivity index (χ0n) is 11.7. The molecule has 1 amide bonds. The van der Waals surface area contributed by atoms with Crippen LogP contribution in [0.4, 0.5) is 0 Å². The van der Waals surface area contributed by atoms with Gasteiger partial charge in [0.2, 0.25) is 0 Å². The third kappa shape index (κ3) is 2.87. The van der Waals surface area contributed by atoms with Gasteiger partial charge in [-0.05, 0) is 38.1 Å². The van der Waals surface area contributed by atoms with Crippen LogP contribution >= 0.6 is 11.3 Å². The molecule has 1 saturated heterocycles. The average Bonchev–Trinajstić information content (AvgIpc) is 2.95. The number of hydrazine groups is 1. The van der Waals surface area contributed by atoms with Gasteiger partial charge in [0.15, 0.2) is 5.01 Å². The fraction of sp³-hybridized carbons (Fsp3) is 0.714. The smallest absolute Gasteiger partial charge is 0.294 e. The maximum Gasteiger partial charge on any atom is 0.294 e. The highest BCUT2D eigenvalue weighted by Crippen LogP contribution is 2.35. The lowest BCUT2D eigenvalue weighted by Gasteiger charge is -2.43. The number of rotatable bonds is 3. The first-order valence-electron chi connectivity index (χ1n) is 7.47. The Balaban J connectivity index is 1.67. The van der Waals surface area contributed by atoms with Crippen molar-refractivity contribution in [2.75, 3.05) is 6.54 Å². The van der Waals surface area contributed by atoms with E-state index >= 15 is 0 Å². The number of carbonyl (C=O) groups excluding carboxylic acids is 1. The summed E-state index contributed by atoms with van der Waals surface area (Å²) in [5.41, 5.74) is 3.14. The van der Waals surface area contributed by atoms with Crippen LogP contribution in [0.15, 0.2) is 5.38 Å². The fourth-order valence-corrected chi connectivity index (χ4v) is 4.39. The molecule has 0 aromatic carbocycles. The number of fused-ring (bicyclic) bond motifs is 1. The summed E-state index contributed by atoms with van der Waals surface area (Å²) in [6.07, 6.45) is 8.15. The minimum atomic E-state index is -0.296. The van der Waals surface area contributed by atoms with Crippen LogP contribution in [-0.2, 0) is 6.54 Å². The van der Waals surface area contributed by atoms with Crippen molar-refractivity contribution in [3.63, 3.8) is 0 Å². The van der Waals surface area contributed by atoms with Crippen LogP contribution in [0, 0.1) is 5.92 Å². The molecule has 1 aromatic rings. The van der Waals surface area contributed by atoms with Crippen molar-refractivity contribution in [3.05, 3.63) is 16.1 Å². The van der Waals surface area contributed by atoms with Crippen LogP contribution in [0.5, 0.6) is 0 Å². The molecule has 110 valence electrons. The first-order valence-corrected chi connectivity index (χ1v) is 8.35. The van der Waals surface area contributed by atoms with Crippen LogP contribution in [-0.4, -0.2) is 28.4 Å². The minimum absolute atomic E-state index is 0.296. The van der Waals surface area contributed by atoms with Gasteiger partial charge in [0.05, 0.1) is 5.69 Å². The molecule has 1 aliphatic carbocycles. The molecule has 1 aromatic heterocycles. The van der Waals surface area contributed by atoms with Gasteiger partial charge in [-0.1, -0.05) is 12.8 Å². The summed E-state index contributed by atoms with van der Waals surface area (Å²) in [6, 6.07) is 0.728. The van der Waals surface area contributed by atoms with E-state index in [1.807, 2.05) is 5.38 Å². The van der Waals surface area contributed by atoms with Crippen molar-refractivity contribution in [3.8, 4) is 0 Å². The van der Waals surface area contributed by atoms with E-state index in [0.717, 1.165) is 30.7 Å². The predicted molar refractivity (Wildman–Crippen MR) is 79.2 cm³/mol. The van der Waals surface area contributed by atoms with E-state index in [2.05, 4.69) is 15.3 Å². The van der Waals surface area contributed by atoms with E-state index in [4.69, 9.17) is 5.84 Å². The number of nitrogens with two attached hydrogens (primary N) is 1. The summed E-state index contributed by atoms with van der Waals surface area (Å²) < 4.78 is 0. The summed E-state index contributed by atoms with van der Waals surface area (Å²) in [5, 5.41) is 2.44. The molecule has 2 unspecified atom stereocenters. The third-order valence-electron chi connectivity index (χ3n) is 4.60. The number of aromatic nitrogens is 1. The molecular formula is C14H22N4OS. The largest absolute Gasteiger partial charge is 0.294 e. The lowest BCUT2D eigenvalue weighted by Crippen LogP contribution is -2.46. The zero-order chi connectivity index (χ0) is 13.9. The molecule has 1 saturated carbocycles. The molecule has 3 N–H and O–H groups in total. The van der Waals surface area contributed by atoms with Gasteiger partial charge in [-0.3, -0.25) is 15.1 Å². The minimum Gasteiger partial charge on any atom is -0.294 e. The number of amides is 1. The Hall–Kier alpha value is -0.980. The first-order chi connectivity index (χ1) is 9.78. The summed E-state index contributed by atoms with van der Waals surface area (Å²) in [7, 11) is 0. The number of nitrogen functional groups attached to an aromatic ring is 1. The van der Waals surface area contributed by atoms with Crippen LogP contribution in [0.2, 0.25) is 0 Å². The van der Waals surface area contributed by atoms with Gasteiger partial charge in [0, 0.05) is 18.0 Å². The van der Waals surface area contributed by atoms with Crippen molar-refractivity contribution < 1.29 is 4.79 Å². The lowest BCUT2D eigenvalue weighted by molar-refractivity contribution is 0.0538. The number of nitrogens with one attached hydrogen (secondary N) is 1. The van der Waals surface area contributed by atoms with Crippen molar-refractivity contribution in [1.82, 2.24) is 15.3 Å². The van der Waals surface area contributed by atoms with Gasteiger partial charge in [0.1, 0.15) is 0 Å². The second-order valence-corrected chi connectivity index (χ2v) is 6.70. The highest BCUT2D eigenvalue weighted by Gasteiger charge is 2.33. The highest BCUT2D eigenvalue weighted by atomic mass is 32.1. The van der Waals surface area contributed by atoms with Crippen LogP contribution < -0.4 is 11.3 Å². The Morgan fingerprint density at radius 3 is 3.05 bits per heavy atom. The molecule has 0 radical (unpaired) electrons. The number of piperidine rings is 1. The Kier molecular flexibility index (Phi) is 4.33. The second-order valence-electron chi connectivity index (χ2n) is 5.84. The molecule has 0 bridgehead atoms. The molecule has 0 spiro atoms. The number of carbonyl (C=O) groups is 1. The van der Waals surface area contributed by atoms with Gasteiger partial charge >= 0.3 is 0 Å². The van der Waals surface area contributed by atoms with E-state index in [-0.39, 0.29) is 5.91 Å². The highest BCUT2D eigenvalue weighted by molar-refractivity contribution is 7.11. The summed E-state index contributed by atoms with van der Waals surface area (Å²) in [6.45, 7) is 2.03. The van der Waals surface area contributed by atoms with E-state index in [0.29, 0.717) is 5.01 Å². The van der Waals surface area contributed by atoms with Gasteiger partial charge in [0.25, 0.3) is 5.91 Å². The van der Waals surface area contributed by atoms with Crippen molar-refractivity contribution >= 4 is 17.2 Å². The first kappa shape index (κ1) is 14.0. The molecule has 2 atom stereocenters. The number of hydrogen-bond donors (Lipinski definition) is 2. The Bertz CT molecular complexity index is 473. The van der Waals surface area contributed by atoms with Gasteiger partial charge in [-0.25, -0.2) is 10.8 Å². The number of hydrogen-bond acceptors (Lipinski definition) is 5. The normalized spacial score (nSPS) is 27.1. The number of thiazole rings is 1. The van der Waals surface area contributed by atoms with Gasteiger partial charge < -0.3 is 0 Å². The molecule has 20 heavy (non-hydrogen) atoms. The molecule has 2 heterocycles. The molecular weight excluding hydrogens is 272 g/mol. The molecule has 5 nitrogen and oxygen atoms in total. The molecule has 1 aliphatic heterocycles. The van der Waals surface area contributed by atoms with Crippen LogP contribution in [0.3, 0.4) is 0 Å². The summed E-state index contributed by atoms with van der Waals surface area (Å²) >= 11 is 1.37. The molecule has 3 rings (SSSR count). The van der Waals surface area contributed by atoms with E-state index in [9.17, 15) is 4.79 Å². The monoisotopic (exact) mass is 294 g/mol. The number of likely N-dealkylation sites (tertiary alicyclic amines) is 1. The maximum absolute atomic E-state index is 11.4. The lowest BCUT2D eigenvalue weighted by atomic mass is 9.78. The van der Waals surface area contributed by atoms with Crippen molar-refractivity contribution in [2.45, 2.75) is 51.1 Å². The fourth-order valence-electron chi connectivity index (χ4n) is 3.68. The topological polar surface area (TPSA) is 71.2 Å². The van der Waals surface area contributed by atoms with Crippen molar-refractivity contribution in [1.29, 1.82) is 0 Å². The van der Waals surface area contributed by atoms with Crippen molar-refractivity contribution in [2.24, 2.45) is 11.8 Å². The average molecular weight is 294 g/mol. The second kappa shape index (κ2) is 6.20. The Labute approximate surface area is 123 Å². The van der Waals surface area contributed by atoms with Crippen LogP contribution in [0.1, 0.15) is 54.0 Å². The summed E-state index contributed by atoms with van der Waals surface area (Å²) in [5.74, 6) is 5.72. The maximum atomic E-state index is 11.4.